The normalized spacial score (nSPS) is 10.9. The molecule has 0 aliphatic heterocycles. The quantitative estimate of drug-likeness (QED) is 0.152. The SMILES string of the molecule is CCCCCCOc1ccccc1C(OCC)OCC.CCCCOc1ccccc1C(OC)OC. The Labute approximate surface area is 219 Å². The smallest absolute Gasteiger partial charge is 0.187 e. The Morgan fingerprint density at radius 2 is 1.03 bits per heavy atom. The van der Waals surface area contributed by atoms with E-state index in [-0.39, 0.29) is 12.6 Å². The predicted octanol–water partition coefficient (Wildman–Crippen LogP) is 7.87. The summed E-state index contributed by atoms with van der Waals surface area (Å²) in [7, 11) is 3.24. The highest BCUT2D eigenvalue weighted by molar-refractivity contribution is 5.35. The van der Waals surface area contributed by atoms with Crippen LogP contribution in [0, 0.1) is 0 Å². The van der Waals surface area contributed by atoms with Crippen molar-refractivity contribution in [2.45, 2.75) is 78.8 Å². The van der Waals surface area contributed by atoms with Crippen molar-refractivity contribution in [3.63, 3.8) is 0 Å². The van der Waals surface area contributed by atoms with Crippen LogP contribution in [0.4, 0.5) is 0 Å². The van der Waals surface area contributed by atoms with Crippen molar-refractivity contribution in [1.29, 1.82) is 0 Å². The van der Waals surface area contributed by atoms with Crippen molar-refractivity contribution in [2.24, 2.45) is 0 Å². The Morgan fingerprint density at radius 3 is 1.50 bits per heavy atom. The molecule has 0 heterocycles. The molecule has 0 N–H and O–H groups in total. The van der Waals surface area contributed by atoms with Gasteiger partial charge in [0, 0.05) is 38.6 Å². The number of rotatable bonds is 18. The number of benzene rings is 2. The van der Waals surface area contributed by atoms with Gasteiger partial charge in [0.05, 0.1) is 13.2 Å². The number of hydrogen-bond donors (Lipinski definition) is 0. The van der Waals surface area contributed by atoms with Crippen LogP contribution in [0.1, 0.15) is 89.9 Å². The van der Waals surface area contributed by atoms with Crippen molar-refractivity contribution in [3.05, 3.63) is 59.7 Å². The molecular formula is C30H48O6. The highest BCUT2D eigenvalue weighted by Crippen LogP contribution is 2.29. The Hall–Kier alpha value is -2.12. The van der Waals surface area contributed by atoms with Gasteiger partial charge in [0.1, 0.15) is 11.5 Å². The number of ether oxygens (including phenoxy) is 6. The molecule has 2 rings (SSSR count). The van der Waals surface area contributed by atoms with Crippen molar-refractivity contribution in [3.8, 4) is 11.5 Å². The van der Waals surface area contributed by atoms with Gasteiger partial charge in [0.25, 0.3) is 0 Å². The number of hydrogen-bond acceptors (Lipinski definition) is 6. The minimum atomic E-state index is -0.363. The number of unbranched alkanes of at least 4 members (excludes halogenated alkanes) is 4. The van der Waals surface area contributed by atoms with Gasteiger partial charge < -0.3 is 28.4 Å². The van der Waals surface area contributed by atoms with Crippen LogP contribution in [0.3, 0.4) is 0 Å². The minimum Gasteiger partial charge on any atom is -0.493 e. The van der Waals surface area contributed by atoms with Crippen LogP contribution in [0.2, 0.25) is 0 Å². The predicted molar refractivity (Wildman–Crippen MR) is 146 cm³/mol. The second-order valence-electron chi connectivity index (χ2n) is 8.23. The van der Waals surface area contributed by atoms with E-state index in [1.165, 1.54) is 19.3 Å². The van der Waals surface area contributed by atoms with Gasteiger partial charge in [-0.1, -0.05) is 75.9 Å². The third-order valence-corrected chi connectivity index (χ3v) is 5.42. The number of para-hydroxylation sites is 2. The summed E-state index contributed by atoms with van der Waals surface area (Å²) < 4.78 is 33.4. The molecule has 2 aromatic carbocycles. The molecule has 0 aromatic heterocycles. The molecule has 0 saturated heterocycles. The molecule has 0 aliphatic rings. The Morgan fingerprint density at radius 1 is 0.556 bits per heavy atom. The van der Waals surface area contributed by atoms with Gasteiger partial charge >= 0.3 is 0 Å². The van der Waals surface area contributed by atoms with E-state index in [4.69, 9.17) is 28.4 Å². The summed E-state index contributed by atoms with van der Waals surface area (Å²) in [4.78, 5) is 0. The lowest BCUT2D eigenvalue weighted by Gasteiger charge is -2.20. The molecule has 6 heteroatoms. The first-order chi connectivity index (χ1) is 17.7. The van der Waals surface area contributed by atoms with E-state index in [1.807, 2.05) is 62.4 Å². The molecule has 0 bridgehead atoms. The van der Waals surface area contributed by atoms with Gasteiger partial charge in [0.2, 0.25) is 0 Å². The second-order valence-corrected chi connectivity index (χ2v) is 8.23. The lowest BCUT2D eigenvalue weighted by atomic mass is 10.2. The van der Waals surface area contributed by atoms with Crippen LogP contribution in [0.15, 0.2) is 48.5 Å². The maximum atomic E-state index is 5.90. The van der Waals surface area contributed by atoms with Crippen LogP contribution in [-0.2, 0) is 18.9 Å². The first-order valence-corrected chi connectivity index (χ1v) is 13.4. The molecule has 36 heavy (non-hydrogen) atoms. The molecule has 0 amide bonds. The monoisotopic (exact) mass is 504 g/mol. The summed E-state index contributed by atoms with van der Waals surface area (Å²) >= 11 is 0. The maximum absolute atomic E-state index is 5.90. The lowest BCUT2D eigenvalue weighted by Crippen LogP contribution is -2.11. The van der Waals surface area contributed by atoms with E-state index in [0.29, 0.717) is 13.2 Å². The summed E-state index contributed by atoms with van der Waals surface area (Å²) in [6.45, 7) is 11.0. The van der Waals surface area contributed by atoms with Gasteiger partial charge in [-0.25, -0.2) is 0 Å². The summed E-state index contributed by atoms with van der Waals surface area (Å²) in [6.07, 6.45) is 6.31. The summed E-state index contributed by atoms with van der Waals surface area (Å²) in [5.74, 6) is 1.71. The molecule has 6 nitrogen and oxygen atoms in total. The molecule has 0 spiro atoms. The molecule has 2 aromatic rings. The highest BCUT2D eigenvalue weighted by atomic mass is 16.7. The fourth-order valence-corrected chi connectivity index (χ4v) is 3.53. The molecule has 0 saturated carbocycles. The zero-order chi connectivity index (χ0) is 26.4. The minimum absolute atomic E-state index is 0.336. The van der Waals surface area contributed by atoms with Crippen molar-refractivity contribution < 1.29 is 28.4 Å². The fraction of sp³-hybridized carbons (Fsp3) is 0.600. The van der Waals surface area contributed by atoms with Crippen LogP contribution >= 0.6 is 0 Å². The third-order valence-electron chi connectivity index (χ3n) is 5.42. The van der Waals surface area contributed by atoms with Crippen LogP contribution in [0.25, 0.3) is 0 Å². The van der Waals surface area contributed by atoms with Crippen LogP contribution in [0.5, 0.6) is 11.5 Å². The molecule has 0 fully saturated rings. The highest BCUT2D eigenvalue weighted by Gasteiger charge is 2.16. The van der Waals surface area contributed by atoms with Crippen molar-refractivity contribution >= 4 is 0 Å². The van der Waals surface area contributed by atoms with E-state index in [2.05, 4.69) is 13.8 Å². The lowest BCUT2D eigenvalue weighted by molar-refractivity contribution is -0.141. The average Bonchev–Trinajstić information content (AvgIpc) is 2.91. The molecule has 0 unspecified atom stereocenters. The third kappa shape index (κ3) is 12.2. The summed E-state index contributed by atoms with van der Waals surface area (Å²) in [6, 6.07) is 15.8. The molecule has 0 atom stereocenters. The van der Waals surface area contributed by atoms with Gasteiger partial charge in [0.15, 0.2) is 12.6 Å². The van der Waals surface area contributed by atoms with Gasteiger partial charge in [-0.15, -0.1) is 0 Å². The Kier molecular flexibility index (Phi) is 18.6. The van der Waals surface area contributed by atoms with E-state index in [0.717, 1.165) is 55.1 Å². The van der Waals surface area contributed by atoms with Gasteiger partial charge in [-0.2, -0.15) is 0 Å². The van der Waals surface area contributed by atoms with E-state index in [1.54, 1.807) is 14.2 Å². The second kappa shape index (κ2) is 21.0. The maximum Gasteiger partial charge on any atom is 0.187 e. The van der Waals surface area contributed by atoms with Crippen molar-refractivity contribution in [2.75, 3.05) is 40.6 Å². The molecule has 204 valence electrons. The summed E-state index contributed by atoms with van der Waals surface area (Å²) in [5, 5.41) is 0. The zero-order valence-corrected chi connectivity index (χ0v) is 23.3. The summed E-state index contributed by atoms with van der Waals surface area (Å²) in [5.41, 5.74) is 1.91. The van der Waals surface area contributed by atoms with E-state index in [9.17, 15) is 0 Å². The molecule has 0 aliphatic carbocycles. The molecule has 0 radical (unpaired) electrons. The van der Waals surface area contributed by atoms with Crippen LogP contribution in [-0.4, -0.2) is 40.6 Å². The Bertz CT molecular complexity index is 772. The Balaban J connectivity index is 0.000000369. The zero-order valence-electron chi connectivity index (χ0n) is 23.3. The van der Waals surface area contributed by atoms with Gasteiger partial charge in [-0.05, 0) is 38.8 Å². The standard InChI is InChI=1S/C17H28O3.C13H20O3/c1-4-7-8-11-14-20-16-13-10-9-12-15(16)17(18-5-2)19-6-3;1-4-5-10-16-12-9-7-6-8-11(12)13(14-2)15-3/h9-10,12-13,17H,4-8,11,14H2,1-3H3;6-9,13H,4-5,10H2,1-3H3. The van der Waals surface area contributed by atoms with Crippen molar-refractivity contribution in [1.82, 2.24) is 0 Å². The largest absolute Gasteiger partial charge is 0.493 e. The fourth-order valence-electron chi connectivity index (χ4n) is 3.53. The molecular weight excluding hydrogens is 456 g/mol. The van der Waals surface area contributed by atoms with Gasteiger partial charge in [-0.3, -0.25) is 0 Å². The topological polar surface area (TPSA) is 55.4 Å². The average molecular weight is 505 g/mol. The first-order valence-electron chi connectivity index (χ1n) is 13.4. The number of methoxy groups -OCH3 is 2. The van der Waals surface area contributed by atoms with E-state index < -0.39 is 0 Å². The van der Waals surface area contributed by atoms with E-state index >= 15 is 0 Å². The van der Waals surface area contributed by atoms with Crippen LogP contribution < -0.4 is 9.47 Å². The first kappa shape index (κ1) is 31.9.